The Morgan fingerprint density at radius 1 is 1.40 bits per heavy atom. The lowest BCUT2D eigenvalue weighted by Gasteiger charge is -2.15. The second kappa shape index (κ2) is 5.13. The summed E-state index contributed by atoms with van der Waals surface area (Å²) < 4.78 is 0. The molecule has 0 amide bonds. The molecule has 15 heavy (non-hydrogen) atoms. The van der Waals surface area contributed by atoms with Gasteiger partial charge in [-0.15, -0.1) is 6.58 Å². The van der Waals surface area contributed by atoms with Gasteiger partial charge in [0.25, 0.3) is 0 Å². The van der Waals surface area contributed by atoms with Gasteiger partial charge in [-0.25, -0.2) is 0 Å². The minimum absolute atomic E-state index is 0.140. The first-order valence-corrected chi connectivity index (χ1v) is 5.48. The van der Waals surface area contributed by atoms with Crippen LogP contribution in [-0.4, -0.2) is 0 Å². The van der Waals surface area contributed by atoms with Crippen molar-refractivity contribution in [1.82, 2.24) is 0 Å². The zero-order valence-electron chi connectivity index (χ0n) is 10.0. The first-order valence-electron chi connectivity index (χ1n) is 5.48. The molecule has 0 bridgehead atoms. The van der Waals surface area contributed by atoms with E-state index >= 15 is 0 Å². The third-order valence-corrected chi connectivity index (χ3v) is 2.72. The molecule has 0 fully saturated rings. The largest absolute Gasteiger partial charge is 0.324 e. The summed E-state index contributed by atoms with van der Waals surface area (Å²) in [5.41, 5.74) is 11.2. The number of hydrogen-bond acceptors (Lipinski definition) is 1. The molecule has 82 valence electrons. The molecule has 0 heterocycles. The highest BCUT2D eigenvalue weighted by atomic mass is 14.6. The van der Waals surface area contributed by atoms with Gasteiger partial charge in [-0.05, 0) is 44.7 Å². The molecule has 1 atom stereocenters. The van der Waals surface area contributed by atoms with E-state index in [4.69, 9.17) is 5.73 Å². The van der Waals surface area contributed by atoms with Crippen LogP contribution in [-0.2, 0) is 0 Å². The van der Waals surface area contributed by atoms with Crippen LogP contribution in [0.2, 0.25) is 0 Å². The van der Waals surface area contributed by atoms with Crippen molar-refractivity contribution in [2.24, 2.45) is 5.73 Å². The molecule has 1 nitrogen and oxygen atoms in total. The quantitative estimate of drug-likeness (QED) is 0.742. The molecule has 1 unspecified atom stereocenters. The fourth-order valence-corrected chi connectivity index (χ4v) is 1.72. The molecule has 0 aromatic heterocycles. The molecule has 1 aromatic carbocycles. The number of aryl methyl sites for hydroxylation is 2. The van der Waals surface area contributed by atoms with Crippen LogP contribution in [0, 0.1) is 13.8 Å². The molecule has 0 aliphatic carbocycles. The second-order valence-electron chi connectivity index (χ2n) is 4.46. The number of hydrogen-bond donors (Lipinski definition) is 1. The van der Waals surface area contributed by atoms with Gasteiger partial charge in [0.05, 0.1) is 0 Å². The van der Waals surface area contributed by atoms with Crippen molar-refractivity contribution in [3.63, 3.8) is 0 Å². The van der Waals surface area contributed by atoms with Crippen LogP contribution < -0.4 is 5.73 Å². The topological polar surface area (TPSA) is 26.0 Å². The van der Waals surface area contributed by atoms with Crippen LogP contribution in [0.4, 0.5) is 0 Å². The standard InChI is InChI=1S/C14H21N/c1-10(2)5-8-14(15)13-9-11(3)6-7-12(13)4/h6-7,9,14H,1,5,8,15H2,2-4H3. The van der Waals surface area contributed by atoms with Crippen LogP contribution in [0.1, 0.15) is 42.5 Å². The first-order chi connectivity index (χ1) is 7.00. The van der Waals surface area contributed by atoms with Crippen LogP contribution in [0.25, 0.3) is 0 Å². The predicted octanol–water partition coefficient (Wildman–Crippen LogP) is 3.66. The maximum atomic E-state index is 6.17. The van der Waals surface area contributed by atoms with Gasteiger partial charge in [0.2, 0.25) is 0 Å². The summed E-state index contributed by atoms with van der Waals surface area (Å²) in [4.78, 5) is 0. The molecule has 0 saturated heterocycles. The Hall–Kier alpha value is -1.08. The summed E-state index contributed by atoms with van der Waals surface area (Å²) in [5, 5.41) is 0. The summed E-state index contributed by atoms with van der Waals surface area (Å²) >= 11 is 0. The molecule has 0 saturated carbocycles. The summed E-state index contributed by atoms with van der Waals surface area (Å²) in [6, 6.07) is 6.61. The lowest BCUT2D eigenvalue weighted by atomic mass is 9.95. The minimum Gasteiger partial charge on any atom is -0.324 e. The molecule has 0 spiro atoms. The van der Waals surface area contributed by atoms with E-state index in [-0.39, 0.29) is 6.04 Å². The number of nitrogens with two attached hydrogens (primary N) is 1. The van der Waals surface area contributed by atoms with Crippen molar-refractivity contribution < 1.29 is 0 Å². The Bertz CT molecular complexity index is 352. The van der Waals surface area contributed by atoms with E-state index in [1.54, 1.807) is 0 Å². The van der Waals surface area contributed by atoms with Crippen LogP contribution in [0.5, 0.6) is 0 Å². The van der Waals surface area contributed by atoms with Gasteiger partial charge < -0.3 is 5.73 Å². The highest BCUT2D eigenvalue weighted by Gasteiger charge is 2.08. The summed E-state index contributed by atoms with van der Waals surface area (Å²) in [6.45, 7) is 10.2. The van der Waals surface area contributed by atoms with Crippen LogP contribution in [0.3, 0.4) is 0 Å². The minimum atomic E-state index is 0.140. The zero-order valence-corrected chi connectivity index (χ0v) is 10.0. The lowest BCUT2D eigenvalue weighted by molar-refractivity contribution is 0.645. The van der Waals surface area contributed by atoms with Gasteiger partial charge >= 0.3 is 0 Å². The third-order valence-electron chi connectivity index (χ3n) is 2.72. The van der Waals surface area contributed by atoms with Gasteiger partial charge in [0, 0.05) is 6.04 Å². The zero-order chi connectivity index (χ0) is 11.4. The second-order valence-corrected chi connectivity index (χ2v) is 4.46. The van der Waals surface area contributed by atoms with E-state index in [1.807, 2.05) is 0 Å². The molecular formula is C14H21N. The maximum Gasteiger partial charge on any atom is 0.0300 e. The van der Waals surface area contributed by atoms with Crippen molar-refractivity contribution in [3.05, 3.63) is 47.0 Å². The normalized spacial score (nSPS) is 12.5. The van der Waals surface area contributed by atoms with Gasteiger partial charge in [-0.2, -0.15) is 0 Å². The Labute approximate surface area is 93.0 Å². The molecule has 0 aliphatic heterocycles. The molecular weight excluding hydrogens is 182 g/mol. The Morgan fingerprint density at radius 2 is 2.07 bits per heavy atom. The summed E-state index contributed by atoms with van der Waals surface area (Å²) in [6.07, 6.45) is 1.99. The smallest absolute Gasteiger partial charge is 0.0300 e. The fraction of sp³-hybridized carbons (Fsp3) is 0.429. The molecule has 1 heteroatoms. The lowest BCUT2D eigenvalue weighted by Crippen LogP contribution is -2.12. The monoisotopic (exact) mass is 203 g/mol. The average Bonchev–Trinajstić information content (AvgIpc) is 2.18. The molecule has 1 aromatic rings. The van der Waals surface area contributed by atoms with E-state index in [9.17, 15) is 0 Å². The van der Waals surface area contributed by atoms with E-state index in [1.165, 1.54) is 22.3 Å². The number of rotatable bonds is 4. The molecule has 1 rings (SSSR count). The first kappa shape index (κ1) is 12.0. The van der Waals surface area contributed by atoms with Gasteiger partial charge in [0.15, 0.2) is 0 Å². The Morgan fingerprint density at radius 3 is 2.67 bits per heavy atom. The SMILES string of the molecule is C=C(C)CCC(N)c1cc(C)ccc1C. The van der Waals surface area contributed by atoms with Crippen LogP contribution >= 0.6 is 0 Å². The predicted molar refractivity (Wildman–Crippen MR) is 66.9 cm³/mol. The Kier molecular flexibility index (Phi) is 4.10. The summed E-state index contributed by atoms with van der Waals surface area (Å²) in [7, 11) is 0. The van der Waals surface area contributed by atoms with Crippen molar-refractivity contribution in [2.45, 2.75) is 39.7 Å². The number of benzene rings is 1. The van der Waals surface area contributed by atoms with Crippen molar-refractivity contribution >= 4 is 0 Å². The number of allylic oxidation sites excluding steroid dienone is 1. The highest BCUT2D eigenvalue weighted by molar-refractivity contribution is 5.32. The van der Waals surface area contributed by atoms with Crippen LogP contribution in [0.15, 0.2) is 30.4 Å². The van der Waals surface area contributed by atoms with Crippen molar-refractivity contribution in [3.8, 4) is 0 Å². The average molecular weight is 203 g/mol. The van der Waals surface area contributed by atoms with E-state index in [2.05, 4.69) is 45.5 Å². The fourth-order valence-electron chi connectivity index (χ4n) is 1.72. The van der Waals surface area contributed by atoms with E-state index < -0.39 is 0 Å². The third kappa shape index (κ3) is 3.52. The van der Waals surface area contributed by atoms with Gasteiger partial charge in [-0.1, -0.05) is 29.3 Å². The van der Waals surface area contributed by atoms with Crippen molar-refractivity contribution in [1.29, 1.82) is 0 Å². The molecule has 0 radical (unpaired) electrons. The molecule has 2 N–H and O–H groups in total. The van der Waals surface area contributed by atoms with Gasteiger partial charge in [0.1, 0.15) is 0 Å². The van der Waals surface area contributed by atoms with Gasteiger partial charge in [-0.3, -0.25) is 0 Å². The summed E-state index contributed by atoms with van der Waals surface area (Å²) in [5.74, 6) is 0. The molecule has 0 aliphatic rings. The Balaban J connectivity index is 2.76. The van der Waals surface area contributed by atoms with E-state index in [0.29, 0.717) is 0 Å². The highest BCUT2D eigenvalue weighted by Crippen LogP contribution is 2.22. The maximum absolute atomic E-state index is 6.17. The van der Waals surface area contributed by atoms with E-state index in [0.717, 1.165) is 12.8 Å². The van der Waals surface area contributed by atoms with Crippen molar-refractivity contribution in [2.75, 3.05) is 0 Å².